The number of aliphatic hydroxyl groups is 1. The Morgan fingerprint density at radius 3 is 2.83 bits per heavy atom. The van der Waals surface area contributed by atoms with Crippen molar-refractivity contribution in [1.29, 1.82) is 5.26 Å². The summed E-state index contributed by atoms with van der Waals surface area (Å²) in [6, 6.07) is 6.61. The van der Waals surface area contributed by atoms with Gasteiger partial charge in [-0.25, -0.2) is 4.79 Å². The molecule has 1 N–H and O–H groups in total. The Labute approximate surface area is 130 Å². The van der Waals surface area contributed by atoms with Crippen molar-refractivity contribution >= 4 is 0 Å². The maximum Gasteiger partial charge on any atom is 0.330 e. The van der Waals surface area contributed by atoms with Crippen molar-refractivity contribution in [3.05, 3.63) is 56.4 Å². The van der Waals surface area contributed by atoms with Gasteiger partial charge in [0, 0.05) is 13.2 Å². The molecule has 3 rings (SSSR count). The summed E-state index contributed by atoms with van der Waals surface area (Å²) in [6.45, 7) is -0.153. The van der Waals surface area contributed by atoms with Crippen LogP contribution in [0.15, 0.2) is 34.0 Å². The number of aromatic nitrogens is 2. The number of benzene rings is 1. The standard InChI is InChI=1S/C15H13N3O5/c1-17-6-10(5-16)14(20)18(15(17)21)7-11(19)9-2-3-12-13(4-9)23-8-22-12/h2-4,6,11,19H,7-8H2,1H3. The van der Waals surface area contributed by atoms with E-state index in [9.17, 15) is 14.7 Å². The quantitative estimate of drug-likeness (QED) is 0.846. The summed E-state index contributed by atoms with van der Waals surface area (Å²) >= 11 is 0. The van der Waals surface area contributed by atoms with E-state index >= 15 is 0 Å². The smallest absolute Gasteiger partial charge is 0.330 e. The second-order valence-corrected chi connectivity index (χ2v) is 5.09. The van der Waals surface area contributed by atoms with E-state index in [1.54, 1.807) is 24.3 Å². The van der Waals surface area contributed by atoms with Crippen molar-refractivity contribution in [2.24, 2.45) is 7.05 Å². The highest BCUT2D eigenvalue weighted by atomic mass is 16.7. The van der Waals surface area contributed by atoms with E-state index in [0.29, 0.717) is 17.1 Å². The van der Waals surface area contributed by atoms with Gasteiger partial charge in [-0.1, -0.05) is 6.07 Å². The highest BCUT2D eigenvalue weighted by Crippen LogP contribution is 2.34. The molecule has 8 heteroatoms. The van der Waals surface area contributed by atoms with Gasteiger partial charge in [-0.2, -0.15) is 5.26 Å². The molecule has 0 radical (unpaired) electrons. The number of nitriles is 1. The Balaban J connectivity index is 1.96. The zero-order chi connectivity index (χ0) is 16.6. The number of rotatable bonds is 3. The third-order valence-electron chi connectivity index (χ3n) is 3.59. The molecule has 8 nitrogen and oxygen atoms in total. The lowest BCUT2D eigenvalue weighted by molar-refractivity contribution is 0.151. The van der Waals surface area contributed by atoms with Crippen LogP contribution in [0.4, 0.5) is 0 Å². The van der Waals surface area contributed by atoms with Gasteiger partial charge >= 0.3 is 5.69 Å². The van der Waals surface area contributed by atoms with Gasteiger partial charge in [0.2, 0.25) is 6.79 Å². The number of nitrogens with zero attached hydrogens (tertiary/aromatic N) is 3. The molecule has 0 fully saturated rings. The highest BCUT2D eigenvalue weighted by Gasteiger charge is 2.19. The Morgan fingerprint density at radius 2 is 2.09 bits per heavy atom. The molecular weight excluding hydrogens is 302 g/mol. The second kappa shape index (κ2) is 5.62. The summed E-state index contributed by atoms with van der Waals surface area (Å²) < 4.78 is 12.4. The predicted octanol–water partition coefficient (Wildman–Crippen LogP) is -0.119. The average Bonchev–Trinajstić information content (AvgIpc) is 3.02. The summed E-state index contributed by atoms with van der Waals surface area (Å²) in [5.74, 6) is 1.06. The molecule has 1 aliphatic rings. The number of aryl methyl sites for hydroxylation is 1. The first-order valence-corrected chi connectivity index (χ1v) is 6.79. The van der Waals surface area contributed by atoms with Crippen molar-refractivity contribution in [2.45, 2.75) is 12.6 Å². The van der Waals surface area contributed by atoms with Crippen LogP contribution in [0.2, 0.25) is 0 Å². The molecule has 118 valence electrons. The van der Waals surface area contributed by atoms with Gasteiger partial charge in [0.15, 0.2) is 11.5 Å². The molecular formula is C15H13N3O5. The molecule has 0 bridgehead atoms. The summed E-state index contributed by atoms with van der Waals surface area (Å²) in [5, 5.41) is 19.3. The topological polar surface area (TPSA) is 106 Å². The van der Waals surface area contributed by atoms with Crippen LogP contribution in [-0.2, 0) is 13.6 Å². The number of fused-ring (bicyclic) bond motifs is 1. The fourth-order valence-electron chi connectivity index (χ4n) is 2.36. The van der Waals surface area contributed by atoms with Gasteiger partial charge in [-0.15, -0.1) is 0 Å². The van der Waals surface area contributed by atoms with Crippen molar-refractivity contribution in [1.82, 2.24) is 9.13 Å². The number of hydrogen-bond acceptors (Lipinski definition) is 6. The van der Waals surface area contributed by atoms with Crippen LogP contribution >= 0.6 is 0 Å². The fourth-order valence-corrected chi connectivity index (χ4v) is 2.36. The van der Waals surface area contributed by atoms with Crippen LogP contribution in [0.1, 0.15) is 17.2 Å². The van der Waals surface area contributed by atoms with E-state index < -0.39 is 17.4 Å². The highest BCUT2D eigenvalue weighted by molar-refractivity contribution is 5.45. The third kappa shape index (κ3) is 2.58. The first-order chi connectivity index (χ1) is 11.0. The molecule has 1 atom stereocenters. The Morgan fingerprint density at radius 1 is 1.35 bits per heavy atom. The van der Waals surface area contributed by atoms with Gasteiger partial charge in [-0.05, 0) is 17.7 Å². The lowest BCUT2D eigenvalue weighted by Crippen LogP contribution is -2.41. The molecule has 0 spiro atoms. The third-order valence-corrected chi connectivity index (χ3v) is 3.59. The molecule has 0 amide bonds. The number of aliphatic hydroxyl groups excluding tert-OH is 1. The van der Waals surface area contributed by atoms with Gasteiger partial charge in [0.05, 0.1) is 12.6 Å². The van der Waals surface area contributed by atoms with Gasteiger partial charge < -0.3 is 19.1 Å². The van der Waals surface area contributed by atoms with E-state index in [1.807, 2.05) is 0 Å². The van der Waals surface area contributed by atoms with Crippen molar-refractivity contribution in [3.8, 4) is 17.6 Å². The average molecular weight is 315 g/mol. The van der Waals surface area contributed by atoms with E-state index in [2.05, 4.69) is 0 Å². The Kier molecular flexibility index (Phi) is 3.64. The molecule has 1 aliphatic heterocycles. The van der Waals surface area contributed by atoms with Crippen LogP contribution in [-0.4, -0.2) is 21.0 Å². The second-order valence-electron chi connectivity index (χ2n) is 5.09. The zero-order valence-corrected chi connectivity index (χ0v) is 12.2. The lowest BCUT2D eigenvalue weighted by atomic mass is 10.1. The van der Waals surface area contributed by atoms with Crippen LogP contribution in [0.3, 0.4) is 0 Å². The minimum absolute atomic E-state index is 0.110. The SMILES string of the molecule is Cn1cc(C#N)c(=O)n(CC(O)c2ccc3c(c2)OCO3)c1=O. The first kappa shape index (κ1) is 14.9. The Hall–Kier alpha value is -3.05. The van der Waals surface area contributed by atoms with Gasteiger partial charge in [0.25, 0.3) is 5.56 Å². The number of hydrogen-bond donors (Lipinski definition) is 1. The first-order valence-electron chi connectivity index (χ1n) is 6.79. The molecule has 23 heavy (non-hydrogen) atoms. The normalized spacial score (nSPS) is 13.6. The van der Waals surface area contributed by atoms with Crippen molar-refractivity contribution in [2.75, 3.05) is 6.79 Å². The zero-order valence-electron chi connectivity index (χ0n) is 12.2. The van der Waals surface area contributed by atoms with E-state index in [-0.39, 0.29) is 18.9 Å². The minimum atomic E-state index is -1.11. The van der Waals surface area contributed by atoms with Gasteiger partial charge in [-0.3, -0.25) is 9.36 Å². The minimum Gasteiger partial charge on any atom is -0.454 e. The van der Waals surface area contributed by atoms with Crippen LogP contribution in [0.5, 0.6) is 11.5 Å². The molecule has 1 aromatic heterocycles. The van der Waals surface area contributed by atoms with E-state index in [0.717, 1.165) is 9.13 Å². The summed E-state index contributed by atoms with van der Waals surface area (Å²) in [4.78, 5) is 24.2. The van der Waals surface area contributed by atoms with E-state index in [4.69, 9.17) is 14.7 Å². The van der Waals surface area contributed by atoms with Gasteiger partial charge in [0.1, 0.15) is 11.6 Å². The molecule has 0 saturated heterocycles. The molecule has 0 aliphatic carbocycles. The monoisotopic (exact) mass is 315 g/mol. The number of ether oxygens (including phenoxy) is 2. The molecule has 2 aromatic rings. The Bertz CT molecular complexity index is 922. The molecule has 2 heterocycles. The van der Waals surface area contributed by atoms with Crippen molar-refractivity contribution in [3.63, 3.8) is 0 Å². The fraction of sp³-hybridized carbons (Fsp3) is 0.267. The van der Waals surface area contributed by atoms with Crippen LogP contribution < -0.4 is 20.7 Å². The largest absolute Gasteiger partial charge is 0.454 e. The maximum absolute atomic E-state index is 12.1. The summed E-state index contributed by atoms with van der Waals surface area (Å²) in [6.07, 6.45) is 0.0672. The molecule has 0 saturated carbocycles. The summed E-state index contributed by atoms with van der Waals surface area (Å²) in [5.41, 5.74) is -1.01. The van der Waals surface area contributed by atoms with Crippen LogP contribution in [0.25, 0.3) is 0 Å². The molecule has 1 unspecified atom stereocenters. The maximum atomic E-state index is 12.1. The predicted molar refractivity (Wildman–Crippen MR) is 78.2 cm³/mol. The van der Waals surface area contributed by atoms with E-state index in [1.165, 1.54) is 13.2 Å². The van der Waals surface area contributed by atoms with Crippen molar-refractivity contribution < 1.29 is 14.6 Å². The lowest BCUT2D eigenvalue weighted by Gasteiger charge is -2.14. The molecule has 1 aromatic carbocycles. The summed E-state index contributed by atoms with van der Waals surface area (Å²) in [7, 11) is 1.44. The van der Waals surface area contributed by atoms with Crippen LogP contribution in [0, 0.1) is 11.3 Å².